The van der Waals surface area contributed by atoms with Crippen molar-refractivity contribution in [2.24, 2.45) is 0 Å². The van der Waals surface area contributed by atoms with Crippen molar-refractivity contribution in [2.45, 2.75) is 5.60 Å². The van der Waals surface area contributed by atoms with Crippen LogP contribution in [0.3, 0.4) is 0 Å². The Morgan fingerprint density at radius 3 is 2.13 bits per heavy atom. The van der Waals surface area contributed by atoms with Crippen LogP contribution in [0.2, 0.25) is 0 Å². The molecule has 3 N–H and O–H groups in total. The summed E-state index contributed by atoms with van der Waals surface area (Å²) in [5, 5.41) is 22.5. The molecule has 0 saturated heterocycles. The van der Waals surface area contributed by atoms with E-state index in [1.54, 1.807) is 30.3 Å². The van der Waals surface area contributed by atoms with Crippen LogP contribution in [-0.2, 0) is 15.1 Å². The first kappa shape index (κ1) is 17.8. The fourth-order valence-electron chi connectivity index (χ4n) is 3.98. The van der Waals surface area contributed by atoms with Gasteiger partial charge in [-0.2, -0.15) is 0 Å². The minimum absolute atomic E-state index is 0.0143. The van der Waals surface area contributed by atoms with E-state index in [0.717, 1.165) is 6.08 Å². The average Bonchev–Trinajstić information content (AvgIpc) is 3.00. The molecular weight excluding hydrogens is 386 g/mol. The standard InChI is InChI=1S/C23H15NO6/c1-2-21(27)24-12-3-6-16-15(9-12)22(28)30-23(16)17-7-4-13(25)10-19(17)29-20-11-14(26)5-8-18(20)23/h2-11,25-26H,1H2,(H,24,27). The molecule has 0 aromatic heterocycles. The van der Waals surface area contributed by atoms with Gasteiger partial charge in [0, 0.05) is 34.5 Å². The zero-order chi connectivity index (χ0) is 21.0. The molecule has 5 rings (SSSR count). The van der Waals surface area contributed by atoms with Crippen LogP contribution in [0.25, 0.3) is 0 Å². The molecule has 0 radical (unpaired) electrons. The number of esters is 1. The summed E-state index contributed by atoms with van der Waals surface area (Å²) >= 11 is 0. The third kappa shape index (κ3) is 2.39. The van der Waals surface area contributed by atoms with Crippen LogP contribution < -0.4 is 10.1 Å². The Morgan fingerprint density at radius 2 is 1.53 bits per heavy atom. The number of fused-ring (bicyclic) bond motifs is 6. The Hall–Kier alpha value is -4.26. The van der Waals surface area contributed by atoms with Gasteiger partial charge in [0.2, 0.25) is 5.91 Å². The highest BCUT2D eigenvalue weighted by molar-refractivity contribution is 6.02. The van der Waals surface area contributed by atoms with Crippen molar-refractivity contribution in [1.29, 1.82) is 0 Å². The van der Waals surface area contributed by atoms with Crippen LogP contribution >= 0.6 is 0 Å². The van der Waals surface area contributed by atoms with Gasteiger partial charge >= 0.3 is 5.97 Å². The van der Waals surface area contributed by atoms with E-state index in [1.165, 1.54) is 24.3 Å². The van der Waals surface area contributed by atoms with Crippen molar-refractivity contribution in [2.75, 3.05) is 5.32 Å². The number of phenolic OH excluding ortho intramolecular Hbond substituents is 2. The lowest BCUT2D eigenvalue weighted by Crippen LogP contribution is -2.32. The summed E-state index contributed by atoms with van der Waals surface area (Å²) in [6.45, 7) is 3.42. The Morgan fingerprint density at radius 1 is 0.933 bits per heavy atom. The molecule has 148 valence electrons. The molecule has 0 atom stereocenters. The third-order valence-electron chi connectivity index (χ3n) is 5.23. The smallest absolute Gasteiger partial charge is 0.340 e. The summed E-state index contributed by atoms with van der Waals surface area (Å²) in [6.07, 6.45) is 1.14. The highest BCUT2D eigenvalue weighted by Crippen LogP contribution is 2.57. The first-order chi connectivity index (χ1) is 14.4. The number of benzene rings is 3. The fraction of sp³-hybridized carbons (Fsp3) is 0.0435. The first-order valence-electron chi connectivity index (χ1n) is 9.08. The summed E-state index contributed by atoms with van der Waals surface area (Å²) in [7, 11) is 0. The van der Waals surface area contributed by atoms with E-state index in [-0.39, 0.29) is 17.1 Å². The summed E-state index contributed by atoms with van der Waals surface area (Å²) in [5.41, 5.74) is 1.03. The quantitative estimate of drug-likeness (QED) is 0.446. The molecule has 2 aliphatic rings. The predicted octanol–water partition coefficient (Wildman–Crippen LogP) is 3.79. The number of carbonyl (C=O) groups excluding carboxylic acids is 2. The number of amides is 1. The first-order valence-corrected chi connectivity index (χ1v) is 9.08. The monoisotopic (exact) mass is 401 g/mol. The predicted molar refractivity (Wildman–Crippen MR) is 107 cm³/mol. The second-order valence-corrected chi connectivity index (χ2v) is 6.99. The second-order valence-electron chi connectivity index (χ2n) is 6.99. The van der Waals surface area contributed by atoms with Crippen molar-refractivity contribution in [3.05, 3.63) is 89.5 Å². The lowest BCUT2D eigenvalue weighted by Gasteiger charge is -2.36. The number of hydrogen-bond acceptors (Lipinski definition) is 6. The highest BCUT2D eigenvalue weighted by atomic mass is 16.6. The molecule has 0 unspecified atom stereocenters. The van der Waals surface area contributed by atoms with Gasteiger partial charge in [-0.15, -0.1) is 0 Å². The molecule has 1 spiro atoms. The SMILES string of the molecule is C=CC(=O)Nc1ccc2c(c1)C(=O)OC21c2ccc(O)cc2Oc2cc(O)ccc21. The molecule has 3 aromatic rings. The van der Waals surface area contributed by atoms with Gasteiger partial charge in [0.05, 0.1) is 5.56 Å². The number of carbonyl (C=O) groups is 2. The van der Waals surface area contributed by atoms with Gasteiger partial charge in [-0.05, 0) is 42.5 Å². The van der Waals surface area contributed by atoms with Crippen molar-refractivity contribution in [1.82, 2.24) is 0 Å². The molecule has 1 amide bonds. The Labute approximate surface area is 170 Å². The maximum absolute atomic E-state index is 12.9. The molecule has 30 heavy (non-hydrogen) atoms. The number of phenols is 2. The minimum Gasteiger partial charge on any atom is -0.508 e. The van der Waals surface area contributed by atoms with Gasteiger partial charge in [-0.3, -0.25) is 4.79 Å². The van der Waals surface area contributed by atoms with Gasteiger partial charge in [0.25, 0.3) is 0 Å². The fourth-order valence-corrected chi connectivity index (χ4v) is 3.98. The molecule has 0 aliphatic carbocycles. The van der Waals surface area contributed by atoms with Crippen molar-refractivity contribution >= 4 is 17.6 Å². The molecule has 7 nitrogen and oxygen atoms in total. The summed E-state index contributed by atoms with van der Waals surface area (Å²) < 4.78 is 11.9. The number of anilines is 1. The van der Waals surface area contributed by atoms with E-state index in [4.69, 9.17) is 9.47 Å². The summed E-state index contributed by atoms with van der Waals surface area (Å²) in [5.74, 6) is -0.391. The van der Waals surface area contributed by atoms with Gasteiger partial charge in [-0.25, -0.2) is 4.79 Å². The Balaban J connectivity index is 1.77. The van der Waals surface area contributed by atoms with E-state index in [2.05, 4.69) is 11.9 Å². The zero-order valence-corrected chi connectivity index (χ0v) is 15.5. The number of hydrogen-bond donors (Lipinski definition) is 3. The Kier molecular flexibility index (Phi) is 3.63. The average molecular weight is 401 g/mol. The molecule has 0 bridgehead atoms. The van der Waals surface area contributed by atoms with Crippen LogP contribution in [-0.4, -0.2) is 22.1 Å². The van der Waals surface area contributed by atoms with E-state index >= 15 is 0 Å². The van der Waals surface area contributed by atoms with Crippen LogP contribution in [0.1, 0.15) is 27.0 Å². The Bertz CT molecular complexity index is 1210. The summed E-state index contributed by atoms with van der Waals surface area (Å²) in [6, 6.07) is 14.0. The molecule has 7 heteroatoms. The van der Waals surface area contributed by atoms with Crippen molar-refractivity contribution < 1.29 is 29.3 Å². The van der Waals surface area contributed by atoms with E-state index in [1.807, 2.05) is 0 Å². The van der Waals surface area contributed by atoms with Gasteiger partial charge in [0.15, 0.2) is 5.60 Å². The summed E-state index contributed by atoms with van der Waals surface area (Å²) in [4.78, 5) is 24.5. The topological polar surface area (TPSA) is 105 Å². The van der Waals surface area contributed by atoms with E-state index < -0.39 is 17.5 Å². The maximum Gasteiger partial charge on any atom is 0.340 e. The zero-order valence-electron chi connectivity index (χ0n) is 15.5. The van der Waals surface area contributed by atoms with Crippen LogP contribution in [0.15, 0.2) is 67.3 Å². The number of rotatable bonds is 2. The third-order valence-corrected chi connectivity index (χ3v) is 5.23. The number of ether oxygens (including phenoxy) is 2. The normalized spacial score (nSPS) is 14.7. The number of aromatic hydroxyl groups is 2. The van der Waals surface area contributed by atoms with Gasteiger partial charge in [-0.1, -0.05) is 12.6 Å². The van der Waals surface area contributed by atoms with Crippen LogP contribution in [0.5, 0.6) is 23.0 Å². The lowest BCUT2D eigenvalue weighted by atomic mass is 9.77. The van der Waals surface area contributed by atoms with Gasteiger partial charge < -0.3 is 25.0 Å². The molecule has 2 aliphatic heterocycles. The van der Waals surface area contributed by atoms with E-state index in [0.29, 0.717) is 33.9 Å². The van der Waals surface area contributed by atoms with Crippen LogP contribution in [0, 0.1) is 0 Å². The van der Waals surface area contributed by atoms with Crippen LogP contribution in [0.4, 0.5) is 5.69 Å². The molecule has 0 fully saturated rings. The lowest BCUT2D eigenvalue weighted by molar-refractivity contribution is -0.111. The minimum atomic E-state index is -1.32. The van der Waals surface area contributed by atoms with Gasteiger partial charge in [0.1, 0.15) is 23.0 Å². The number of nitrogens with one attached hydrogen (secondary N) is 1. The molecule has 2 heterocycles. The van der Waals surface area contributed by atoms with Crippen molar-refractivity contribution in [3.8, 4) is 23.0 Å². The second kappa shape index (κ2) is 6.12. The molecule has 0 saturated carbocycles. The van der Waals surface area contributed by atoms with E-state index in [9.17, 15) is 19.8 Å². The molecular formula is C23H15NO6. The largest absolute Gasteiger partial charge is 0.508 e. The molecule has 3 aromatic carbocycles. The van der Waals surface area contributed by atoms with Crippen molar-refractivity contribution in [3.63, 3.8) is 0 Å². The maximum atomic E-state index is 12.9. The highest BCUT2D eigenvalue weighted by Gasteiger charge is 2.53.